The Kier molecular flexibility index (Phi) is 3.81. The van der Waals surface area contributed by atoms with Crippen LogP contribution in [0.4, 0.5) is 5.69 Å². The molecule has 3 aromatic heterocycles. The van der Waals surface area contributed by atoms with Gasteiger partial charge in [-0.1, -0.05) is 17.7 Å². The molecule has 26 heavy (non-hydrogen) atoms. The van der Waals surface area contributed by atoms with Crippen molar-refractivity contribution in [2.24, 2.45) is 12.0 Å². The molecule has 0 aliphatic carbocycles. The van der Waals surface area contributed by atoms with E-state index in [4.69, 9.17) is 11.6 Å². The van der Waals surface area contributed by atoms with E-state index in [-0.39, 0.29) is 5.88 Å². The Hall–Kier alpha value is -3.39. The SMILES string of the molecule is Cn1c(/C=c2/cnn3ccc(=Nc4cccc(Cl)c4)nc23)c(O)[nH]c1=O. The Bertz CT molecular complexity index is 1300. The average molecular weight is 369 g/mol. The van der Waals surface area contributed by atoms with Crippen LogP contribution in [0.5, 0.6) is 5.88 Å². The zero-order valence-corrected chi connectivity index (χ0v) is 14.3. The molecule has 3 heterocycles. The maximum absolute atomic E-state index is 11.6. The predicted octanol–water partition coefficient (Wildman–Crippen LogP) is 0.895. The lowest BCUT2D eigenvalue weighted by Gasteiger charge is -1.96. The molecule has 1 aromatic carbocycles. The number of fused-ring (bicyclic) bond motifs is 1. The number of aromatic nitrogens is 5. The third-order valence-electron chi connectivity index (χ3n) is 3.86. The third kappa shape index (κ3) is 2.86. The summed E-state index contributed by atoms with van der Waals surface area (Å²) in [5, 5.41) is 15.3. The smallest absolute Gasteiger partial charge is 0.328 e. The first-order valence-electron chi connectivity index (χ1n) is 7.65. The minimum Gasteiger partial charge on any atom is -0.493 e. The maximum Gasteiger partial charge on any atom is 0.328 e. The van der Waals surface area contributed by atoms with Crippen molar-refractivity contribution in [2.45, 2.75) is 0 Å². The van der Waals surface area contributed by atoms with Crippen LogP contribution < -0.4 is 16.4 Å². The van der Waals surface area contributed by atoms with Gasteiger partial charge < -0.3 is 5.11 Å². The summed E-state index contributed by atoms with van der Waals surface area (Å²) < 4.78 is 2.89. The molecular formula is C17H13ClN6O2. The molecule has 9 heteroatoms. The van der Waals surface area contributed by atoms with Gasteiger partial charge in [0.1, 0.15) is 5.69 Å². The van der Waals surface area contributed by atoms with E-state index in [1.165, 1.54) is 4.57 Å². The van der Waals surface area contributed by atoms with Crippen molar-refractivity contribution in [3.63, 3.8) is 0 Å². The third-order valence-corrected chi connectivity index (χ3v) is 4.09. The van der Waals surface area contributed by atoms with Gasteiger partial charge in [0.15, 0.2) is 11.1 Å². The molecule has 4 rings (SSSR count). The van der Waals surface area contributed by atoms with Gasteiger partial charge in [-0.05, 0) is 24.3 Å². The highest BCUT2D eigenvalue weighted by atomic mass is 35.5. The summed E-state index contributed by atoms with van der Waals surface area (Å²) in [5.41, 5.74) is 1.65. The predicted molar refractivity (Wildman–Crippen MR) is 96.1 cm³/mol. The standard InChI is InChI=1S/C17H13ClN6O2/c1-23-13(16(25)22-17(23)26)7-10-9-19-24-6-5-14(21-15(10)24)20-12-4-2-3-11(18)8-12/h2-9,25H,1H3,(H,22,26)/b10-7-,20-14?. The normalized spacial score (nSPS) is 13.0. The lowest BCUT2D eigenvalue weighted by molar-refractivity contribution is 0.454. The van der Waals surface area contributed by atoms with Crippen LogP contribution in [-0.2, 0) is 7.05 Å². The van der Waals surface area contributed by atoms with Crippen LogP contribution in [-0.4, -0.2) is 29.3 Å². The number of rotatable bonds is 2. The molecule has 0 fully saturated rings. The molecule has 2 N–H and O–H groups in total. The van der Waals surface area contributed by atoms with Crippen molar-refractivity contribution in [1.82, 2.24) is 24.1 Å². The van der Waals surface area contributed by atoms with Crippen molar-refractivity contribution in [3.05, 3.63) is 74.6 Å². The molecule has 130 valence electrons. The molecule has 0 amide bonds. The summed E-state index contributed by atoms with van der Waals surface area (Å²) in [7, 11) is 1.56. The van der Waals surface area contributed by atoms with E-state index in [1.807, 2.05) is 12.1 Å². The van der Waals surface area contributed by atoms with E-state index in [9.17, 15) is 9.90 Å². The fraction of sp³-hybridized carbons (Fsp3) is 0.0588. The van der Waals surface area contributed by atoms with Crippen molar-refractivity contribution >= 4 is 29.0 Å². The number of aromatic amines is 1. The largest absolute Gasteiger partial charge is 0.493 e. The lowest BCUT2D eigenvalue weighted by atomic mass is 10.3. The van der Waals surface area contributed by atoms with Gasteiger partial charge in [-0.3, -0.25) is 9.55 Å². The van der Waals surface area contributed by atoms with Crippen molar-refractivity contribution < 1.29 is 5.11 Å². The van der Waals surface area contributed by atoms with Crippen molar-refractivity contribution in [2.75, 3.05) is 0 Å². The summed E-state index contributed by atoms with van der Waals surface area (Å²) >= 11 is 5.98. The summed E-state index contributed by atoms with van der Waals surface area (Å²) in [6.07, 6.45) is 4.97. The second-order valence-electron chi connectivity index (χ2n) is 5.61. The van der Waals surface area contributed by atoms with Gasteiger partial charge in [-0.15, -0.1) is 0 Å². The van der Waals surface area contributed by atoms with Gasteiger partial charge in [0.25, 0.3) is 0 Å². The lowest BCUT2D eigenvalue weighted by Crippen LogP contribution is -2.15. The molecule has 0 aliphatic heterocycles. The summed E-state index contributed by atoms with van der Waals surface area (Å²) in [4.78, 5) is 22.9. The van der Waals surface area contributed by atoms with Crippen LogP contribution in [0.3, 0.4) is 0 Å². The Balaban J connectivity index is 1.90. The second kappa shape index (κ2) is 6.16. The van der Waals surface area contributed by atoms with Gasteiger partial charge >= 0.3 is 5.69 Å². The van der Waals surface area contributed by atoms with E-state index in [0.717, 1.165) is 0 Å². The van der Waals surface area contributed by atoms with Crippen LogP contribution in [0.2, 0.25) is 5.02 Å². The second-order valence-corrected chi connectivity index (χ2v) is 6.05. The van der Waals surface area contributed by atoms with Crippen molar-refractivity contribution in [3.8, 4) is 5.88 Å². The molecule has 0 saturated heterocycles. The number of nitrogens with zero attached hydrogens (tertiary/aromatic N) is 5. The molecule has 0 radical (unpaired) electrons. The molecule has 4 aromatic rings. The fourth-order valence-corrected chi connectivity index (χ4v) is 2.73. The van der Waals surface area contributed by atoms with E-state index in [0.29, 0.717) is 32.8 Å². The summed E-state index contributed by atoms with van der Waals surface area (Å²) in [6.45, 7) is 0. The van der Waals surface area contributed by atoms with Gasteiger partial charge in [0, 0.05) is 29.6 Å². The molecule has 0 unspecified atom stereocenters. The first-order valence-corrected chi connectivity index (χ1v) is 8.03. The average Bonchev–Trinajstić information content (AvgIpc) is 3.11. The maximum atomic E-state index is 11.6. The quantitative estimate of drug-likeness (QED) is 0.549. The van der Waals surface area contributed by atoms with Gasteiger partial charge in [0.2, 0.25) is 5.88 Å². The molecule has 0 aliphatic rings. The number of benzene rings is 1. The van der Waals surface area contributed by atoms with Crippen molar-refractivity contribution in [1.29, 1.82) is 0 Å². The van der Waals surface area contributed by atoms with Crippen LogP contribution in [0, 0.1) is 0 Å². The van der Waals surface area contributed by atoms with E-state index in [2.05, 4.69) is 20.1 Å². The summed E-state index contributed by atoms with van der Waals surface area (Å²) in [5.74, 6) is -0.211. The Morgan fingerprint density at radius 3 is 2.92 bits per heavy atom. The minimum atomic E-state index is -0.408. The fourth-order valence-electron chi connectivity index (χ4n) is 2.55. The van der Waals surface area contributed by atoms with Crippen LogP contribution in [0.25, 0.3) is 11.7 Å². The van der Waals surface area contributed by atoms with Gasteiger partial charge in [0.05, 0.1) is 11.9 Å². The first-order chi connectivity index (χ1) is 12.5. The number of hydrogen-bond donors (Lipinski definition) is 2. The highest BCUT2D eigenvalue weighted by Gasteiger charge is 2.08. The topological polar surface area (TPSA) is 101 Å². The Morgan fingerprint density at radius 2 is 2.19 bits per heavy atom. The van der Waals surface area contributed by atoms with Gasteiger partial charge in [-0.25, -0.2) is 19.3 Å². The number of imidazole rings is 1. The molecule has 0 bridgehead atoms. The Morgan fingerprint density at radius 1 is 1.35 bits per heavy atom. The highest BCUT2D eigenvalue weighted by Crippen LogP contribution is 2.16. The molecular weight excluding hydrogens is 356 g/mol. The molecule has 0 atom stereocenters. The van der Waals surface area contributed by atoms with E-state index in [1.54, 1.807) is 48.2 Å². The Labute approximate surface area is 151 Å². The number of nitrogens with one attached hydrogen (secondary N) is 1. The number of H-pyrrole nitrogens is 1. The van der Waals surface area contributed by atoms with E-state index < -0.39 is 5.69 Å². The van der Waals surface area contributed by atoms with Crippen LogP contribution >= 0.6 is 11.6 Å². The van der Waals surface area contributed by atoms with Crippen LogP contribution in [0.1, 0.15) is 5.69 Å². The van der Waals surface area contributed by atoms with Crippen LogP contribution in [0.15, 0.2) is 52.5 Å². The van der Waals surface area contributed by atoms with E-state index >= 15 is 0 Å². The minimum absolute atomic E-state index is 0.211. The zero-order chi connectivity index (χ0) is 18.3. The molecule has 8 nitrogen and oxygen atoms in total. The molecule has 0 saturated carbocycles. The highest BCUT2D eigenvalue weighted by molar-refractivity contribution is 6.30. The number of halogens is 1. The first kappa shape index (κ1) is 16.1. The van der Waals surface area contributed by atoms with Gasteiger partial charge in [-0.2, -0.15) is 5.10 Å². The monoisotopic (exact) mass is 368 g/mol. The zero-order valence-electron chi connectivity index (χ0n) is 13.6. The molecule has 0 spiro atoms. The number of aromatic hydroxyl groups is 1. The summed E-state index contributed by atoms with van der Waals surface area (Å²) in [6, 6.07) is 8.88. The number of hydrogen-bond acceptors (Lipinski definition) is 5.